The van der Waals surface area contributed by atoms with Crippen molar-refractivity contribution in [3.05, 3.63) is 30.1 Å². The van der Waals surface area contributed by atoms with E-state index in [1.54, 1.807) is 24.3 Å². The fourth-order valence-corrected chi connectivity index (χ4v) is 2.57. The molecule has 1 aromatic heterocycles. The van der Waals surface area contributed by atoms with E-state index in [0.29, 0.717) is 6.42 Å². The number of nitrogens with zero attached hydrogens (tertiary/aromatic N) is 2. The van der Waals surface area contributed by atoms with Crippen LogP contribution in [0.3, 0.4) is 0 Å². The fourth-order valence-electron chi connectivity index (χ4n) is 2.57. The van der Waals surface area contributed by atoms with E-state index in [1.807, 2.05) is 12.1 Å². The Morgan fingerprint density at radius 1 is 1.56 bits per heavy atom. The van der Waals surface area contributed by atoms with E-state index in [0.717, 1.165) is 12.0 Å². The second kappa shape index (κ2) is 5.16. The molecular formula is C13H16N2O3. The van der Waals surface area contributed by atoms with Gasteiger partial charge in [0.1, 0.15) is 0 Å². The Hall–Kier alpha value is -1.91. The minimum atomic E-state index is -0.843. The van der Waals surface area contributed by atoms with E-state index in [2.05, 4.69) is 4.98 Å². The van der Waals surface area contributed by atoms with Gasteiger partial charge in [0.15, 0.2) is 0 Å². The standard InChI is InChI=1S/C13H16N2O3/c1-15-11(2-3-12(15)16)10(8-13(17)18)9-4-6-14-7-5-9/h4-7,10-11H,2-3,8H2,1H3,(H,17,18)/t10-,11?/m0/s1. The van der Waals surface area contributed by atoms with Gasteiger partial charge in [0, 0.05) is 37.8 Å². The smallest absolute Gasteiger partial charge is 0.304 e. The molecule has 1 aliphatic rings. The zero-order valence-electron chi connectivity index (χ0n) is 10.2. The first kappa shape index (κ1) is 12.5. The van der Waals surface area contributed by atoms with Gasteiger partial charge in [0.2, 0.25) is 5.91 Å². The average Bonchev–Trinajstić information content (AvgIpc) is 2.68. The van der Waals surface area contributed by atoms with Gasteiger partial charge in [-0.15, -0.1) is 0 Å². The molecular weight excluding hydrogens is 232 g/mol. The van der Waals surface area contributed by atoms with Crippen molar-refractivity contribution in [2.24, 2.45) is 0 Å². The highest BCUT2D eigenvalue weighted by molar-refractivity contribution is 5.79. The summed E-state index contributed by atoms with van der Waals surface area (Å²) in [4.78, 5) is 28.2. The van der Waals surface area contributed by atoms with Crippen LogP contribution in [0.25, 0.3) is 0 Å². The lowest BCUT2D eigenvalue weighted by Crippen LogP contribution is -2.34. The summed E-state index contributed by atoms with van der Waals surface area (Å²) in [5, 5.41) is 9.04. The molecule has 0 spiro atoms. The van der Waals surface area contributed by atoms with Crippen LogP contribution in [0, 0.1) is 0 Å². The number of hydrogen-bond acceptors (Lipinski definition) is 3. The van der Waals surface area contributed by atoms with E-state index in [1.165, 1.54) is 0 Å². The average molecular weight is 248 g/mol. The highest BCUT2D eigenvalue weighted by Gasteiger charge is 2.35. The molecule has 5 nitrogen and oxygen atoms in total. The van der Waals surface area contributed by atoms with Crippen LogP contribution >= 0.6 is 0 Å². The maximum atomic E-state index is 11.6. The van der Waals surface area contributed by atoms with Gasteiger partial charge in [-0.1, -0.05) is 0 Å². The first-order valence-corrected chi connectivity index (χ1v) is 5.97. The predicted octanol–water partition coefficient (Wildman–Crippen LogP) is 1.26. The molecule has 2 rings (SSSR count). The Morgan fingerprint density at radius 3 is 2.72 bits per heavy atom. The summed E-state index contributed by atoms with van der Waals surface area (Å²) < 4.78 is 0. The van der Waals surface area contributed by atoms with Crippen molar-refractivity contribution in [1.29, 1.82) is 0 Å². The van der Waals surface area contributed by atoms with Gasteiger partial charge in [-0.05, 0) is 24.1 Å². The summed E-state index contributed by atoms with van der Waals surface area (Å²) in [6, 6.07) is 3.62. The molecule has 0 bridgehead atoms. The van der Waals surface area contributed by atoms with Crippen LogP contribution in [0.5, 0.6) is 0 Å². The number of aromatic nitrogens is 1. The highest BCUT2D eigenvalue weighted by Crippen LogP contribution is 2.33. The summed E-state index contributed by atoms with van der Waals surface area (Å²) in [6.45, 7) is 0. The number of likely N-dealkylation sites (N-methyl/N-ethyl adjacent to an activating group) is 1. The number of hydrogen-bond donors (Lipinski definition) is 1. The molecule has 1 aliphatic heterocycles. The zero-order valence-corrected chi connectivity index (χ0v) is 10.2. The van der Waals surface area contributed by atoms with E-state index < -0.39 is 5.97 Å². The van der Waals surface area contributed by atoms with Crippen LogP contribution in [-0.4, -0.2) is 40.0 Å². The summed E-state index contributed by atoms with van der Waals surface area (Å²) in [7, 11) is 1.75. The van der Waals surface area contributed by atoms with Crippen LogP contribution < -0.4 is 0 Å². The summed E-state index contributed by atoms with van der Waals surface area (Å²) in [6.07, 6.45) is 4.56. The fraction of sp³-hybridized carbons (Fsp3) is 0.462. The number of carboxylic acid groups (broad SMARTS) is 1. The second-order valence-corrected chi connectivity index (χ2v) is 4.60. The lowest BCUT2D eigenvalue weighted by atomic mass is 9.88. The molecule has 1 fully saturated rings. The van der Waals surface area contributed by atoms with Crippen molar-refractivity contribution < 1.29 is 14.7 Å². The minimum Gasteiger partial charge on any atom is -0.481 e. The van der Waals surface area contributed by atoms with Gasteiger partial charge in [-0.25, -0.2) is 0 Å². The van der Waals surface area contributed by atoms with Crippen LogP contribution in [0.4, 0.5) is 0 Å². The third-order valence-electron chi connectivity index (χ3n) is 3.54. The molecule has 18 heavy (non-hydrogen) atoms. The van der Waals surface area contributed by atoms with Gasteiger partial charge in [-0.2, -0.15) is 0 Å². The number of pyridine rings is 1. The Bertz CT molecular complexity index is 447. The van der Waals surface area contributed by atoms with E-state index in [-0.39, 0.29) is 24.3 Å². The van der Waals surface area contributed by atoms with Crippen molar-refractivity contribution in [2.75, 3.05) is 7.05 Å². The maximum Gasteiger partial charge on any atom is 0.304 e. The topological polar surface area (TPSA) is 70.5 Å². The quantitative estimate of drug-likeness (QED) is 0.870. The molecule has 1 saturated heterocycles. The zero-order chi connectivity index (χ0) is 13.1. The lowest BCUT2D eigenvalue weighted by Gasteiger charge is -2.28. The Morgan fingerprint density at radius 2 is 2.22 bits per heavy atom. The van der Waals surface area contributed by atoms with Crippen LogP contribution in [0.2, 0.25) is 0 Å². The number of rotatable bonds is 4. The van der Waals surface area contributed by atoms with Gasteiger partial charge in [0.25, 0.3) is 0 Å². The van der Waals surface area contributed by atoms with Crippen molar-refractivity contribution in [1.82, 2.24) is 9.88 Å². The molecule has 0 saturated carbocycles. The molecule has 1 amide bonds. The summed E-state index contributed by atoms with van der Waals surface area (Å²) >= 11 is 0. The van der Waals surface area contributed by atoms with Gasteiger partial charge < -0.3 is 10.0 Å². The maximum absolute atomic E-state index is 11.6. The van der Waals surface area contributed by atoms with Gasteiger partial charge >= 0.3 is 5.97 Å². The molecule has 1 unspecified atom stereocenters. The molecule has 5 heteroatoms. The van der Waals surface area contributed by atoms with Crippen molar-refractivity contribution in [2.45, 2.75) is 31.2 Å². The van der Waals surface area contributed by atoms with E-state index >= 15 is 0 Å². The molecule has 2 heterocycles. The highest BCUT2D eigenvalue weighted by atomic mass is 16.4. The minimum absolute atomic E-state index is 0.0315. The normalized spacial score (nSPS) is 21.1. The SMILES string of the molecule is CN1C(=O)CCC1[C@@H](CC(=O)O)c1ccncc1. The molecule has 0 radical (unpaired) electrons. The first-order valence-electron chi connectivity index (χ1n) is 5.97. The van der Waals surface area contributed by atoms with E-state index in [4.69, 9.17) is 5.11 Å². The number of carboxylic acids is 1. The van der Waals surface area contributed by atoms with Crippen LogP contribution in [0.1, 0.15) is 30.7 Å². The Balaban J connectivity index is 2.26. The number of aliphatic carboxylic acids is 1. The molecule has 0 aromatic carbocycles. The van der Waals surface area contributed by atoms with Crippen molar-refractivity contribution in [3.63, 3.8) is 0 Å². The van der Waals surface area contributed by atoms with Crippen LogP contribution in [0.15, 0.2) is 24.5 Å². The Labute approximate surface area is 105 Å². The Kier molecular flexibility index (Phi) is 3.60. The molecule has 1 N–H and O–H groups in total. The monoisotopic (exact) mass is 248 g/mol. The van der Waals surface area contributed by atoms with Crippen molar-refractivity contribution in [3.8, 4) is 0 Å². The predicted molar refractivity (Wildman–Crippen MR) is 65.0 cm³/mol. The second-order valence-electron chi connectivity index (χ2n) is 4.60. The summed E-state index contributed by atoms with van der Waals surface area (Å²) in [5.41, 5.74) is 0.930. The number of amides is 1. The third-order valence-corrected chi connectivity index (χ3v) is 3.54. The molecule has 1 aromatic rings. The number of carbonyl (C=O) groups is 2. The molecule has 0 aliphatic carbocycles. The van der Waals surface area contributed by atoms with Gasteiger partial charge in [-0.3, -0.25) is 14.6 Å². The van der Waals surface area contributed by atoms with Crippen LogP contribution in [-0.2, 0) is 9.59 Å². The third kappa shape index (κ3) is 2.50. The van der Waals surface area contributed by atoms with E-state index in [9.17, 15) is 9.59 Å². The molecule has 96 valence electrons. The first-order chi connectivity index (χ1) is 8.59. The largest absolute Gasteiger partial charge is 0.481 e. The molecule has 2 atom stereocenters. The number of carbonyl (C=O) groups excluding carboxylic acids is 1. The van der Waals surface area contributed by atoms with Crippen molar-refractivity contribution >= 4 is 11.9 Å². The summed E-state index contributed by atoms with van der Waals surface area (Å²) in [5.74, 6) is -0.920. The lowest BCUT2D eigenvalue weighted by molar-refractivity contribution is -0.138. The number of likely N-dealkylation sites (tertiary alicyclic amines) is 1. The van der Waals surface area contributed by atoms with Gasteiger partial charge in [0.05, 0.1) is 6.42 Å².